The maximum atomic E-state index is 12.8. The van der Waals surface area contributed by atoms with E-state index in [1.54, 1.807) is 30.3 Å². The summed E-state index contributed by atoms with van der Waals surface area (Å²) in [6.07, 6.45) is 0. The summed E-state index contributed by atoms with van der Waals surface area (Å²) in [6.45, 7) is 0. The van der Waals surface area contributed by atoms with Crippen LogP contribution in [-0.2, 0) is 40.5 Å². The third-order valence-electron chi connectivity index (χ3n) is 16.0. The van der Waals surface area contributed by atoms with E-state index < -0.39 is 51.7 Å². The van der Waals surface area contributed by atoms with Crippen molar-refractivity contribution >= 4 is 144 Å². The van der Waals surface area contributed by atoms with Crippen molar-refractivity contribution in [2.24, 2.45) is 5.14 Å². The number of para-hydroxylation sites is 1. The zero-order chi connectivity index (χ0) is 72.2. The normalized spacial score (nSPS) is 10.8. The van der Waals surface area contributed by atoms with Crippen molar-refractivity contribution in [3.8, 4) is 11.1 Å². The van der Waals surface area contributed by atoms with Gasteiger partial charge < -0.3 is 0 Å². The molecule has 0 aliphatic heterocycles. The van der Waals surface area contributed by atoms with Crippen LogP contribution in [0.5, 0.6) is 0 Å². The van der Waals surface area contributed by atoms with Crippen LogP contribution in [0.3, 0.4) is 0 Å². The van der Waals surface area contributed by atoms with E-state index in [9.17, 15) is 16.8 Å². The summed E-state index contributed by atoms with van der Waals surface area (Å²) in [6, 6.07) is 146. The van der Waals surface area contributed by atoms with Crippen LogP contribution in [0.2, 0.25) is 10.0 Å². The minimum atomic E-state index is -4.11. The maximum Gasteiger partial charge on any atom is 0.261 e. The Bertz CT molecular complexity index is 4450. The molecule has 0 spiro atoms. The molecule has 3 N–H and O–H groups in total. The molecule has 6 nitrogen and oxygen atoms in total. The zero-order valence-corrected chi connectivity index (χ0v) is 65.2. The molecule has 0 heterocycles. The number of halogens is 2. The van der Waals surface area contributed by atoms with E-state index in [0.29, 0.717) is 21.2 Å². The first-order chi connectivity index (χ1) is 50.9. The van der Waals surface area contributed by atoms with Crippen molar-refractivity contribution in [3.05, 3.63) is 441 Å². The van der Waals surface area contributed by atoms with E-state index >= 15 is 0 Å². The van der Waals surface area contributed by atoms with Gasteiger partial charge in [0.05, 0.1) is 20.6 Å². The fraction of sp³-hybridized carbons (Fsp3) is 0. The third-order valence-corrected chi connectivity index (χ3v) is 28.9. The Balaban J connectivity index is 0.000000142. The number of hydrogen-bond acceptors (Lipinski definition) is 4. The second kappa shape index (κ2) is 40.4. The van der Waals surface area contributed by atoms with Gasteiger partial charge in [-0.25, -0.2) is 22.0 Å². The first-order valence-electron chi connectivity index (χ1n) is 33.4. The Hall–Kier alpha value is -9.08. The molecule has 0 atom stereocenters. The smallest absolute Gasteiger partial charge is 0.261 e. The molecule has 0 unspecified atom stereocenters. The van der Waals surface area contributed by atoms with Gasteiger partial charge in [0.2, 0.25) is 10.0 Å². The molecule has 105 heavy (non-hydrogen) atoms. The van der Waals surface area contributed by atoms with Crippen molar-refractivity contribution < 1.29 is 37.3 Å². The molecule has 0 fully saturated rings. The minimum absolute atomic E-state index is 0. The zero-order valence-electron chi connectivity index (χ0n) is 56.9. The molecular weight excluding hydrogens is 1540 g/mol. The molecule has 524 valence electrons. The van der Waals surface area contributed by atoms with Crippen LogP contribution in [0.25, 0.3) is 11.1 Å². The third kappa shape index (κ3) is 22.5. The average Bonchev–Trinajstić information content (AvgIpc) is 0.802. The van der Waals surface area contributed by atoms with E-state index in [0.717, 1.165) is 0 Å². The molecule has 0 aromatic heterocycles. The van der Waals surface area contributed by atoms with Crippen LogP contribution in [0.15, 0.2) is 441 Å². The number of sulfonamides is 2. The summed E-state index contributed by atoms with van der Waals surface area (Å²) >= 11 is 12.2. The van der Waals surface area contributed by atoms with Crippen LogP contribution in [0.1, 0.15) is 0 Å². The summed E-state index contributed by atoms with van der Waals surface area (Å²) in [4.78, 5) is -0.405. The van der Waals surface area contributed by atoms with Gasteiger partial charge in [-0.1, -0.05) is 424 Å². The van der Waals surface area contributed by atoms with Gasteiger partial charge in [0.15, 0.2) is 0 Å². The molecule has 0 saturated heterocycles. The van der Waals surface area contributed by atoms with E-state index in [4.69, 9.17) is 28.3 Å². The van der Waals surface area contributed by atoms with E-state index in [1.165, 1.54) is 100 Å². The van der Waals surface area contributed by atoms with E-state index in [-0.39, 0.29) is 35.9 Å². The van der Waals surface area contributed by atoms with Crippen LogP contribution < -0.4 is 73.5 Å². The summed E-state index contributed by atoms with van der Waals surface area (Å²) < 4.78 is 51.3. The topological polar surface area (TPSA) is 106 Å². The van der Waals surface area contributed by atoms with Crippen molar-refractivity contribution in [2.45, 2.75) is 9.79 Å². The first-order valence-corrected chi connectivity index (χ1v) is 42.5. The van der Waals surface area contributed by atoms with Crippen molar-refractivity contribution in [1.29, 1.82) is 0 Å². The van der Waals surface area contributed by atoms with Crippen LogP contribution >= 0.6 is 54.9 Å². The largest absolute Gasteiger partial charge is 0.278 e. The van der Waals surface area contributed by atoms with Gasteiger partial charge >= 0.3 is 0 Å². The summed E-state index contributed by atoms with van der Waals surface area (Å²) in [7, 11) is -9.99. The minimum Gasteiger partial charge on any atom is -0.278 e. The van der Waals surface area contributed by atoms with Crippen molar-refractivity contribution in [1.82, 2.24) is 0 Å². The van der Waals surface area contributed by atoms with Crippen LogP contribution in [-0.4, -0.2) is 16.8 Å². The number of hydrogen-bond donors (Lipinski definition) is 2. The van der Waals surface area contributed by atoms with E-state index in [1.807, 2.05) is 0 Å². The first kappa shape index (κ1) is 78.5. The summed E-state index contributed by atoms with van der Waals surface area (Å²) in [5, 5.41) is 22.6. The fourth-order valence-corrected chi connectivity index (χ4v) is 22.8. The molecule has 0 radical (unpaired) electrons. The summed E-state index contributed by atoms with van der Waals surface area (Å²) in [5.74, 6) is 0. The molecule has 15 aromatic carbocycles. The SMILES string of the molecule is NS(=O)(=O)c1ccccc1NS(=O)(=O)c1cccc(-c2cccc(Cl)c2Cl)c1.[Pd].c1ccc(P(c2ccccc2)c2ccccc2)cc1.c1ccc(P(c2ccccc2)c2ccccc2)cc1.c1ccc(P(c2ccccc2)c2ccccc2)cc1.c1ccc(P(c2ccccc2)c2ccccc2)cc1. The number of primary sulfonamides is 1. The molecule has 0 aliphatic carbocycles. The predicted octanol–water partition coefficient (Wildman–Crippen LogP) is 17.9. The van der Waals surface area contributed by atoms with Gasteiger partial charge in [0, 0.05) is 26.0 Å². The molecule has 0 saturated carbocycles. The van der Waals surface area contributed by atoms with Gasteiger partial charge in [0.1, 0.15) is 4.90 Å². The number of anilines is 1. The predicted molar refractivity (Wildman–Crippen MR) is 451 cm³/mol. The second-order valence-electron chi connectivity index (χ2n) is 23.1. The fourth-order valence-electron chi connectivity index (χ4n) is 11.3. The Morgan fingerprint density at radius 1 is 0.257 bits per heavy atom. The Labute approximate surface area is 647 Å². The maximum absolute atomic E-state index is 12.8. The number of nitrogens with two attached hydrogens (primary N) is 1. The molecule has 15 heteroatoms. The average molecular weight is 1610 g/mol. The monoisotopic (exact) mass is 1610 g/mol. The Morgan fingerprint density at radius 2 is 0.476 bits per heavy atom. The van der Waals surface area contributed by atoms with Crippen LogP contribution in [0, 0.1) is 0 Å². The van der Waals surface area contributed by atoms with Gasteiger partial charge in [0.25, 0.3) is 10.0 Å². The molecule has 15 aromatic rings. The second-order valence-corrected chi connectivity index (χ2v) is 36.0. The number of benzene rings is 15. The molecule has 0 aliphatic rings. The standard InChI is InChI=1S/C18H14Cl2N2O4S2.4C18H15P.Pd/c19-15-8-4-7-14(18(15)20)12-5-3-6-13(11-12)28(25,26)22-16-9-1-2-10-17(16)27(21,23)24;4*1-4-10-16(11-5-1)19(17-12-6-2-7-13-17)18-14-8-3-9-15-18;/h1-11,22H,(H2,21,23,24);4*1-15H;. The molecule has 0 bridgehead atoms. The van der Waals surface area contributed by atoms with Gasteiger partial charge in [-0.15, -0.1) is 0 Å². The van der Waals surface area contributed by atoms with Crippen molar-refractivity contribution in [3.63, 3.8) is 0 Å². The number of nitrogens with one attached hydrogen (secondary N) is 1. The van der Waals surface area contributed by atoms with Crippen molar-refractivity contribution in [2.75, 3.05) is 4.72 Å². The number of rotatable bonds is 17. The Morgan fingerprint density at radius 3 is 0.714 bits per heavy atom. The van der Waals surface area contributed by atoms with Crippen LogP contribution in [0.4, 0.5) is 5.69 Å². The van der Waals surface area contributed by atoms with E-state index in [2.05, 4.69) is 369 Å². The van der Waals surface area contributed by atoms with Gasteiger partial charge in [-0.05, 0) is 131 Å². The quantitative estimate of drug-likeness (QED) is 0.0700. The summed E-state index contributed by atoms with van der Waals surface area (Å²) in [5.41, 5.74) is 0.961. The molecule has 0 amide bonds. The molecular formula is C90H74Cl2N2O4P4PdS2. The molecule has 15 rings (SSSR count). The van der Waals surface area contributed by atoms with Gasteiger partial charge in [-0.2, -0.15) is 0 Å². The van der Waals surface area contributed by atoms with Gasteiger partial charge in [-0.3, -0.25) is 4.72 Å². The Kier molecular flexibility index (Phi) is 30.2.